The fourth-order valence-corrected chi connectivity index (χ4v) is 8.67. The molecule has 0 aromatic heterocycles. The van der Waals surface area contributed by atoms with Crippen LogP contribution in [0.2, 0.25) is 0 Å². The number of benzene rings is 2. The van der Waals surface area contributed by atoms with Gasteiger partial charge < -0.3 is 76.5 Å². The number of likely N-dealkylation sites (tertiary alicyclic amines) is 1. The van der Waals surface area contributed by atoms with Gasteiger partial charge in [-0.05, 0) is 61.6 Å². The van der Waals surface area contributed by atoms with Gasteiger partial charge in [-0.2, -0.15) is 0 Å². The maximum atomic E-state index is 14.3. The molecule has 1 aliphatic rings. The lowest BCUT2D eigenvalue weighted by molar-refractivity contribution is -0.140. The van der Waals surface area contributed by atoms with Gasteiger partial charge in [-0.1, -0.05) is 64.1 Å². The van der Waals surface area contributed by atoms with Gasteiger partial charge in [-0.3, -0.25) is 57.7 Å². The number of aliphatic imine (C=N–C) groups is 1. The Hall–Kier alpha value is -7.62. The van der Waals surface area contributed by atoms with E-state index in [4.69, 9.17) is 34.4 Å². The highest BCUT2D eigenvalue weighted by Crippen LogP contribution is 2.19. The van der Waals surface area contributed by atoms with Crippen LogP contribution in [0.1, 0.15) is 62.5 Å². The summed E-state index contributed by atoms with van der Waals surface area (Å²) in [6.45, 7) is -1.03. The number of nitrogens with two attached hydrogens (primary N) is 6. The van der Waals surface area contributed by atoms with E-state index in [1.807, 2.05) is 6.26 Å². The largest absolute Gasteiger partial charge is 0.399 e. The van der Waals surface area contributed by atoms with Crippen molar-refractivity contribution in [3.05, 3.63) is 65.7 Å². The normalized spacial score (nSPS) is 14.8. The van der Waals surface area contributed by atoms with Crippen molar-refractivity contribution < 1.29 is 52.7 Å². The lowest BCUT2D eigenvalue weighted by atomic mass is 10.0. The number of carbonyl (C=O) groups excluding carboxylic acids is 11. The number of primary amides is 3. The number of amides is 11. The number of hydrogen-bond donors (Lipinski definition) is 13. The van der Waals surface area contributed by atoms with Crippen LogP contribution in [0.25, 0.3) is 0 Å². The molecule has 19 N–H and O–H groups in total. The summed E-state index contributed by atoms with van der Waals surface area (Å²) in [6.07, 6.45) is 1.07. The van der Waals surface area contributed by atoms with Gasteiger partial charge in [0.1, 0.15) is 36.3 Å². The van der Waals surface area contributed by atoms with E-state index >= 15 is 0 Å². The maximum absolute atomic E-state index is 14.3. The molecular weight excluding hydrogens is 1000 g/mol. The number of nitrogens with one attached hydrogen (secondary N) is 7. The van der Waals surface area contributed by atoms with Crippen LogP contribution in [-0.2, 0) is 65.6 Å². The van der Waals surface area contributed by atoms with Gasteiger partial charge in [-0.15, -0.1) is 0 Å². The van der Waals surface area contributed by atoms with Crippen LogP contribution in [0.4, 0.5) is 5.69 Å². The average Bonchev–Trinajstić information content (AvgIpc) is 3.85. The molecule has 74 heavy (non-hydrogen) atoms. The van der Waals surface area contributed by atoms with E-state index in [0.717, 1.165) is 0 Å². The monoisotopic (exact) mass is 1070 g/mol. The van der Waals surface area contributed by atoms with Crippen LogP contribution in [0.15, 0.2) is 59.6 Å². The number of rotatable bonds is 32. The van der Waals surface area contributed by atoms with E-state index < -0.39 is 134 Å². The topological polar surface area (TPSA) is 444 Å². The van der Waals surface area contributed by atoms with Gasteiger partial charge in [0, 0.05) is 50.2 Å². The Morgan fingerprint density at radius 2 is 1.20 bits per heavy atom. The molecule has 404 valence electrons. The van der Waals surface area contributed by atoms with Crippen molar-refractivity contribution in [3.8, 4) is 0 Å². The predicted octanol–water partition coefficient (Wildman–Crippen LogP) is -4.22. The third-order valence-electron chi connectivity index (χ3n) is 11.2. The minimum absolute atomic E-state index is 0.0185. The first kappa shape index (κ1) is 60.7. The summed E-state index contributed by atoms with van der Waals surface area (Å²) in [5.41, 5.74) is 34.3. The zero-order valence-corrected chi connectivity index (χ0v) is 42.6. The van der Waals surface area contributed by atoms with Gasteiger partial charge in [0.15, 0.2) is 5.96 Å². The number of nitrogen functional groups attached to an aromatic ring is 1. The molecule has 5 unspecified atom stereocenters. The predicted molar refractivity (Wildman–Crippen MR) is 277 cm³/mol. The van der Waals surface area contributed by atoms with Crippen LogP contribution >= 0.6 is 21.6 Å². The summed E-state index contributed by atoms with van der Waals surface area (Å²) in [7, 11) is 2.93. The van der Waals surface area contributed by atoms with Crippen LogP contribution in [0.5, 0.6) is 0 Å². The Kier molecular flexibility index (Phi) is 26.0. The third kappa shape index (κ3) is 22.4. The van der Waals surface area contributed by atoms with Gasteiger partial charge in [0.25, 0.3) is 0 Å². The molecule has 1 saturated heterocycles. The van der Waals surface area contributed by atoms with Crippen molar-refractivity contribution in [2.45, 2.75) is 100 Å². The molecule has 0 bridgehead atoms. The summed E-state index contributed by atoms with van der Waals surface area (Å²) >= 11 is 0. The molecule has 26 nitrogen and oxygen atoms in total. The van der Waals surface area contributed by atoms with E-state index in [2.05, 4.69) is 42.2 Å². The molecular formula is C46H67N15O11S2. The van der Waals surface area contributed by atoms with Gasteiger partial charge in [0.05, 0.1) is 19.5 Å². The van der Waals surface area contributed by atoms with Crippen molar-refractivity contribution in [3.63, 3.8) is 0 Å². The number of guanidine groups is 1. The zero-order valence-electron chi connectivity index (χ0n) is 40.9. The van der Waals surface area contributed by atoms with Crippen LogP contribution in [0.3, 0.4) is 0 Å². The number of hydrogen-bond acceptors (Lipinski definition) is 15. The zero-order chi connectivity index (χ0) is 54.7. The molecule has 11 amide bonds. The Bertz CT molecular complexity index is 2330. The lowest BCUT2D eigenvalue weighted by Gasteiger charge is -2.27. The molecule has 1 aliphatic heterocycles. The van der Waals surface area contributed by atoms with Gasteiger partial charge in [-0.25, -0.2) is 0 Å². The first-order valence-electron chi connectivity index (χ1n) is 23.5. The second-order valence-electron chi connectivity index (χ2n) is 17.0. The van der Waals surface area contributed by atoms with E-state index in [0.29, 0.717) is 29.0 Å². The molecule has 0 aliphatic carbocycles. The molecule has 2 aromatic rings. The molecule has 0 saturated carbocycles. The van der Waals surface area contributed by atoms with E-state index in [1.54, 1.807) is 54.6 Å². The standard InChI is InChI=1S/C46H67N15O11S2/c1-73-74-20-17-38(65)56-31(22-27-11-13-28(47)14-12-27)43(70)59-32(21-26-7-3-2-4-8-26)44(71)57-30(15-16-35(48)62)42(69)60-33(23-36(49)63)41(68)55-25-39(66)61-19-6-10-34(61)45(72)58-29(9-5-18-53-46(51)52)40(67)54-24-37(50)64/h2-4,7-8,11-14,29-34H,5-6,9-10,15-25,47H2,1H3,(H2,48,62)(H2,49,63)(H2,50,64)(H,54,67)(H,55,68)(H,56,65)(H,57,71)(H,58,72)(H,59,70)(H,60,69)(H4,51,52,53)/t29-,30?,31?,32?,33?,34?/m1/s1. The Morgan fingerprint density at radius 1 is 0.635 bits per heavy atom. The minimum Gasteiger partial charge on any atom is -0.399 e. The summed E-state index contributed by atoms with van der Waals surface area (Å²) in [5.74, 6) is -8.82. The van der Waals surface area contributed by atoms with Crippen molar-refractivity contribution in [1.29, 1.82) is 0 Å². The summed E-state index contributed by atoms with van der Waals surface area (Å²) in [6, 6.07) is 7.05. The molecule has 2 aromatic carbocycles. The number of anilines is 1. The van der Waals surface area contributed by atoms with E-state index in [9.17, 15) is 52.7 Å². The summed E-state index contributed by atoms with van der Waals surface area (Å²) < 4.78 is 0. The van der Waals surface area contributed by atoms with Crippen LogP contribution in [0, 0.1) is 0 Å². The highest BCUT2D eigenvalue weighted by Gasteiger charge is 2.37. The molecule has 6 atom stereocenters. The second kappa shape index (κ2) is 31.8. The van der Waals surface area contributed by atoms with Gasteiger partial charge >= 0.3 is 0 Å². The molecule has 1 heterocycles. The average molecular weight is 1070 g/mol. The summed E-state index contributed by atoms with van der Waals surface area (Å²) in [5, 5.41) is 17.6. The van der Waals surface area contributed by atoms with E-state index in [1.165, 1.54) is 26.5 Å². The highest BCUT2D eigenvalue weighted by atomic mass is 33.1. The number of nitrogens with zero attached hydrogens (tertiary/aromatic N) is 2. The van der Waals surface area contributed by atoms with Crippen LogP contribution < -0.4 is 71.6 Å². The first-order valence-corrected chi connectivity index (χ1v) is 26.2. The Labute approximate surface area is 435 Å². The molecule has 28 heteroatoms. The quantitative estimate of drug-likeness (QED) is 0.0109. The fraction of sp³-hybridized carbons (Fsp3) is 0.478. The third-order valence-corrected chi connectivity index (χ3v) is 13.0. The van der Waals surface area contributed by atoms with E-state index in [-0.39, 0.29) is 57.6 Å². The molecule has 1 fully saturated rings. The highest BCUT2D eigenvalue weighted by molar-refractivity contribution is 8.76. The maximum Gasteiger partial charge on any atom is 0.243 e. The van der Waals surface area contributed by atoms with Crippen molar-refractivity contribution in [1.82, 2.24) is 42.1 Å². The molecule has 3 rings (SSSR count). The number of carbonyl (C=O) groups is 11. The second-order valence-corrected chi connectivity index (χ2v) is 19.7. The van der Waals surface area contributed by atoms with Crippen molar-refractivity contribution >= 4 is 98.2 Å². The minimum atomic E-state index is -1.73. The summed E-state index contributed by atoms with van der Waals surface area (Å²) in [4.78, 5) is 150. The fourth-order valence-electron chi connectivity index (χ4n) is 7.49. The Morgan fingerprint density at radius 3 is 1.81 bits per heavy atom. The molecule has 0 spiro atoms. The molecule has 0 radical (unpaired) electrons. The lowest BCUT2D eigenvalue weighted by Crippen LogP contribution is -2.59. The van der Waals surface area contributed by atoms with Crippen molar-refractivity contribution in [2.75, 3.05) is 43.9 Å². The first-order chi connectivity index (χ1) is 35.2. The smallest absolute Gasteiger partial charge is 0.243 e. The van der Waals surface area contributed by atoms with Crippen LogP contribution in [-0.4, -0.2) is 150 Å². The SMILES string of the molecule is CSSCCC(=O)NC(Cc1ccc(N)cc1)C(=O)NC(Cc1ccccc1)C(=O)NC(CCC(N)=O)C(=O)NC(CC(N)=O)C(=O)NCC(=O)N1CCCC1C(=O)N[C@H](CCCN=C(N)N)C(=O)NCC(N)=O. The van der Waals surface area contributed by atoms with Crippen molar-refractivity contribution in [2.24, 2.45) is 33.7 Å². The van der Waals surface area contributed by atoms with Gasteiger partial charge in [0.2, 0.25) is 65.0 Å². The Balaban J connectivity index is 1.80.